The van der Waals surface area contributed by atoms with Crippen molar-refractivity contribution >= 4 is 12.1 Å². The van der Waals surface area contributed by atoms with Crippen LogP contribution in [-0.2, 0) is 9.53 Å². The second-order valence-corrected chi connectivity index (χ2v) is 6.99. The molecule has 2 N–H and O–H groups in total. The van der Waals surface area contributed by atoms with Crippen molar-refractivity contribution in [1.29, 1.82) is 0 Å². The normalized spacial score (nSPS) is 21.4. The molecule has 1 fully saturated rings. The van der Waals surface area contributed by atoms with Crippen LogP contribution in [0.5, 0.6) is 0 Å². The summed E-state index contributed by atoms with van der Waals surface area (Å²) in [5, 5.41) is 19.3. The first-order valence-electron chi connectivity index (χ1n) is 9.10. The quantitative estimate of drug-likeness (QED) is 0.871. The highest BCUT2D eigenvalue weighted by Gasteiger charge is 2.40. The zero-order valence-corrected chi connectivity index (χ0v) is 14.7. The fourth-order valence-corrected chi connectivity index (χ4v) is 4.16. The Balaban J connectivity index is 1.53. The number of carbonyl (C=O) groups excluding carboxylic acids is 1. The number of aliphatic carboxylic acids is 1. The number of amides is 1. The van der Waals surface area contributed by atoms with Crippen LogP contribution in [0.25, 0.3) is 11.1 Å². The molecule has 140 valence electrons. The van der Waals surface area contributed by atoms with Gasteiger partial charge in [-0.15, -0.1) is 0 Å². The van der Waals surface area contributed by atoms with Gasteiger partial charge in [0.15, 0.2) is 6.04 Å². The van der Waals surface area contributed by atoms with Gasteiger partial charge >= 0.3 is 12.1 Å². The van der Waals surface area contributed by atoms with Gasteiger partial charge in [0, 0.05) is 12.5 Å². The summed E-state index contributed by atoms with van der Waals surface area (Å²) >= 11 is 0. The minimum atomic E-state index is -1.26. The lowest BCUT2D eigenvalue weighted by molar-refractivity contribution is -0.149. The Hall–Kier alpha value is -2.86. The van der Waals surface area contributed by atoms with E-state index in [1.54, 1.807) is 0 Å². The number of aliphatic hydroxyl groups is 1. The van der Waals surface area contributed by atoms with Crippen LogP contribution in [0.2, 0.25) is 0 Å². The van der Waals surface area contributed by atoms with Gasteiger partial charge in [-0.05, 0) is 35.1 Å². The first-order chi connectivity index (χ1) is 13.1. The molecule has 1 amide bonds. The van der Waals surface area contributed by atoms with Crippen LogP contribution in [0.3, 0.4) is 0 Å². The third-order valence-corrected chi connectivity index (χ3v) is 5.42. The highest BCUT2D eigenvalue weighted by Crippen LogP contribution is 2.44. The van der Waals surface area contributed by atoms with E-state index in [2.05, 4.69) is 12.1 Å². The molecule has 0 unspecified atom stereocenters. The highest BCUT2D eigenvalue weighted by atomic mass is 16.6. The molecule has 0 aromatic heterocycles. The second-order valence-electron chi connectivity index (χ2n) is 6.99. The maximum atomic E-state index is 12.6. The summed E-state index contributed by atoms with van der Waals surface area (Å²) in [6, 6.07) is 14.8. The molecule has 6 nitrogen and oxygen atoms in total. The molecular weight excluding hydrogens is 346 g/mol. The molecule has 0 saturated carbocycles. The van der Waals surface area contributed by atoms with Gasteiger partial charge in [0.2, 0.25) is 0 Å². The minimum absolute atomic E-state index is 0.0839. The van der Waals surface area contributed by atoms with E-state index < -0.39 is 24.2 Å². The summed E-state index contributed by atoms with van der Waals surface area (Å²) in [7, 11) is 0. The maximum absolute atomic E-state index is 12.6. The smallest absolute Gasteiger partial charge is 0.410 e. The SMILES string of the molecule is O=C(O)[C@H]1[C@@H](O)CCCN1C(=O)OCC1c2ccccc2-c2ccccc21. The molecule has 2 aromatic carbocycles. The van der Waals surface area contributed by atoms with Gasteiger partial charge in [-0.3, -0.25) is 4.90 Å². The number of piperidine rings is 1. The molecule has 4 rings (SSSR count). The zero-order valence-electron chi connectivity index (χ0n) is 14.7. The number of benzene rings is 2. The Kier molecular flexibility index (Phi) is 4.58. The lowest BCUT2D eigenvalue weighted by Crippen LogP contribution is -2.55. The number of fused-ring (bicyclic) bond motifs is 3. The number of ether oxygens (including phenoxy) is 1. The first kappa shape index (κ1) is 17.5. The van der Waals surface area contributed by atoms with Gasteiger partial charge < -0.3 is 14.9 Å². The number of nitrogens with zero attached hydrogens (tertiary/aromatic N) is 1. The first-order valence-corrected chi connectivity index (χ1v) is 9.10. The zero-order chi connectivity index (χ0) is 19.0. The van der Waals surface area contributed by atoms with E-state index in [9.17, 15) is 19.8 Å². The number of aliphatic hydroxyl groups excluding tert-OH is 1. The van der Waals surface area contributed by atoms with Crippen molar-refractivity contribution in [3.8, 4) is 11.1 Å². The lowest BCUT2D eigenvalue weighted by Gasteiger charge is -2.35. The van der Waals surface area contributed by atoms with Crippen LogP contribution in [0.1, 0.15) is 29.9 Å². The Morgan fingerprint density at radius 3 is 2.22 bits per heavy atom. The summed E-state index contributed by atoms with van der Waals surface area (Å²) in [4.78, 5) is 25.2. The molecule has 0 spiro atoms. The number of carbonyl (C=O) groups is 2. The third kappa shape index (κ3) is 3.06. The molecule has 0 radical (unpaired) electrons. The number of likely N-dealkylation sites (tertiary alicyclic amines) is 1. The highest BCUT2D eigenvalue weighted by molar-refractivity contribution is 5.81. The van der Waals surface area contributed by atoms with E-state index in [4.69, 9.17) is 4.74 Å². The topological polar surface area (TPSA) is 87.1 Å². The number of hydrogen-bond acceptors (Lipinski definition) is 4. The van der Waals surface area contributed by atoms with Crippen molar-refractivity contribution in [2.75, 3.05) is 13.2 Å². The number of rotatable bonds is 3. The van der Waals surface area contributed by atoms with E-state index >= 15 is 0 Å². The number of carboxylic acids is 1. The van der Waals surface area contributed by atoms with Crippen LogP contribution in [0.4, 0.5) is 4.79 Å². The van der Waals surface area contributed by atoms with E-state index in [1.807, 2.05) is 36.4 Å². The van der Waals surface area contributed by atoms with Gasteiger partial charge in [-0.25, -0.2) is 9.59 Å². The van der Waals surface area contributed by atoms with Crippen molar-refractivity contribution in [3.05, 3.63) is 59.7 Å². The molecule has 2 aromatic rings. The molecule has 1 saturated heterocycles. The molecule has 27 heavy (non-hydrogen) atoms. The maximum Gasteiger partial charge on any atom is 0.410 e. The summed E-state index contributed by atoms with van der Waals surface area (Å²) in [6.45, 7) is 0.399. The molecule has 0 bridgehead atoms. The van der Waals surface area contributed by atoms with Crippen LogP contribution in [0.15, 0.2) is 48.5 Å². The molecule has 6 heteroatoms. The van der Waals surface area contributed by atoms with Gasteiger partial charge in [-0.1, -0.05) is 48.5 Å². The van der Waals surface area contributed by atoms with Crippen molar-refractivity contribution in [2.45, 2.75) is 30.9 Å². The van der Waals surface area contributed by atoms with Gasteiger partial charge in [0.1, 0.15) is 6.61 Å². The lowest BCUT2D eigenvalue weighted by atomic mass is 9.98. The largest absolute Gasteiger partial charge is 0.480 e. The Labute approximate surface area is 157 Å². The molecule has 1 aliphatic carbocycles. The summed E-state index contributed by atoms with van der Waals surface area (Å²) < 4.78 is 5.52. The van der Waals surface area contributed by atoms with Crippen molar-refractivity contribution < 1.29 is 24.5 Å². The van der Waals surface area contributed by atoms with Gasteiger partial charge in [0.05, 0.1) is 6.10 Å². The van der Waals surface area contributed by atoms with Gasteiger partial charge in [-0.2, -0.15) is 0 Å². The molecule has 2 atom stereocenters. The summed E-state index contributed by atoms with van der Waals surface area (Å²) in [6.07, 6.45) is -0.848. The number of carboxylic acid groups (broad SMARTS) is 1. The second kappa shape index (κ2) is 7.04. The van der Waals surface area contributed by atoms with E-state index in [1.165, 1.54) is 0 Å². The van der Waals surface area contributed by atoms with Gasteiger partial charge in [0.25, 0.3) is 0 Å². The molecule has 2 aliphatic rings. The van der Waals surface area contributed by atoms with Crippen LogP contribution in [0, 0.1) is 0 Å². The fraction of sp³-hybridized carbons (Fsp3) is 0.333. The molecule has 1 aliphatic heterocycles. The van der Waals surface area contributed by atoms with Crippen molar-refractivity contribution in [3.63, 3.8) is 0 Å². The van der Waals surface area contributed by atoms with Crippen LogP contribution >= 0.6 is 0 Å². The van der Waals surface area contributed by atoms with Crippen molar-refractivity contribution in [1.82, 2.24) is 4.90 Å². The predicted octanol–water partition coefficient (Wildman–Crippen LogP) is 2.85. The number of hydrogen-bond donors (Lipinski definition) is 2. The Bertz CT molecular complexity index is 835. The minimum Gasteiger partial charge on any atom is -0.480 e. The van der Waals surface area contributed by atoms with Crippen LogP contribution in [-0.4, -0.2) is 52.5 Å². The monoisotopic (exact) mass is 367 g/mol. The molecular formula is C21H21NO5. The fourth-order valence-electron chi connectivity index (χ4n) is 4.16. The van der Waals surface area contributed by atoms with Crippen molar-refractivity contribution in [2.24, 2.45) is 0 Å². The average Bonchev–Trinajstić information content (AvgIpc) is 2.99. The predicted molar refractivity (Wildman–Crippen MR) is 98.4 cm³/mol. The van der Waals surface area contributed by atoms with E-state index in [0.29, 0.717) is 12.8 Å². The molecule has 1 heterocycles. The average molecular weight is 367 g/mol. The Morgan fingerprint density at radius 1 is 1.04 bits per heavy atom. The van der Waals surface area contributed by atoms with Crippen LogP contribution < -0.4 is 0 Å². The standard InChI is InChI=1S/C21H21NO5/c23-18-10-5-11-22(19(18)20(24)25)21(26)27-12-17-15-8-3-1-6-13(15)14-7-2-4-9-16(14)17/h1-4,6-9,17-19,23H,5,10-12H2,(H,24,25)/t18-,19+/m0/s1. The van der Waals surface area contributed by atoms with E-state index in [0.717, 1.165) is 27.2 Å². The van der Waals surface area contributed by atoms with E-state index in [-0.39, 0.29) is 19.1 Å². The Morgan fingerprint density at radius 2 is 1.63 bits per heavy atom. The summed E-state index contributed by atoms with van der Waals surface area (Å²) in [5.74, 6) is -1.30. The third-order valence-electron chi connectivity index (χ3n) is 5.42. The summed E-state index contributed by atoms with van der Waals surface area (Å²) in [5.41, 5.74) is 4.46.